The molecular weight excluding hydrogens is 280 g/mol. The number of amides is 2. The molecule has 0 radical (unpaired) electrons. The average Bonchev–Trinajstić information content (AvgIpc) is 3.06. The zero-order chi connectivity index (χ0) is 15.9. The Morgan fingerprint density at radius 2 is 1.73 bits per heavy atom. The van der Waals surface area contributed by atoms with E-state index in [0.717, 1.165) is 51.6 Å². The largest absolute Gasteiger partial charge is 0.376 e. The fourth-order valence-electron chi connectivity index (χ4n) is 3.24. The van der Waals surface area contributed by atoms with Crippen LogP contribution in [0.15, 0.2) is 0 Å². The number of carbonyl (C=O) groups excluding carboxylic acids is 2. The van der Waals surface area contributed by atoms with Crippen LogP contribution in [0.5, 0.6) is 0 Å². The van der Waals surface area contributed by atoms with Crippen LogP contribution in [-0.2, 0) is 14.3 Å². The molecule has 1 heterocycles. The van der Waals surface area contributed by atoms with E-state index >= 15 is 0 Å². The van der Waals surface area contributed by atoms with Gasteiger partial charge in [0.15, 0.2) is 0 Å². The molecule has 0 bridgehead atoms. The first-order valence-electron chi connectivity index (χ1n) is 8.79. The maximum Gasteiger partial charge on any atom is 0.223 e. The number of hydrogen-bond acceptors (Lipinski definition) is 3. The predicted molar refractivity (Wildman–Crippen MR) is 85.3 cm³/mol. The van der Waals surface area contributed by atoms with Gasteiger partial charge in [-0.25, -0.2) is 0 Å². The Labute approximate surface area is 133 Å². The summed E-state index contributed by atoms with van der Waals surface area (Å²) < 4.78 is 5.52. The first kappa shape index (κ1) is 17.3. The molecule has 1 aliphatic carbocycles. The molecule has 5 heteroatoms. The summed E-state index contributed by atoms with van der Waals surface area (Å²) in [7, 11) is 0. The molecule has 1 saturated heterocycles. The Morgan fingerprint density at radius 3 is 2.27 bits per heavy atom. The highest BCUT2D eigenvalue weighted by Crippen LogP contribution is 2.29. The van der Waals surface area contributed by atoms with E-state index in [1.807, 2.05) is 6.92 Å². The van der Waals surface area contributed by atoms with Crippen LogP contribution in [-0.4, -0.2) is 37.1 Å². The molecule has 0 spiro atoms. The van der Waals surface area contributed by atoms with Crippen molar-refractivity contribution < 1.29 is 14.3 Å². The summed E-state index contributed by atoms with van der Waals surface area (Å²) in [4.78, 5) is 24.3. The van der Waals surface area contributed by atoms with Crippen LogP contribution in [0.4, 0.5) is 0 Å². The average molecular weight is 310 g/mol. The minimum absolute atomic E-state index is 0.0639. The smallest absolute Gasteiger partial charge is 0.223 e. The molecule has 2 amide bonds. The van der Waals surface area contributed by atoms with E-state index < -0.39 is 0 Å². The van der Waals surface area contributed by atoms with Gasteiger partial charge in [0.2, 0.25) is 11.8 Å². The zero-order valence-electron chi connectivity index (χ0n) is 13.9. The summed E-state index contributed by atoms with van der Waals surface area (Å²) in [5.74, 6) is 0.439. The molecule has 2 aliphatic rings. The number of ether oxygens (including phenoxy) is 1. The second-order valence-corrected chi connectivity index (χ2v) is 6.75. The van der Waals surface area contributed by atoms with Gasteiger partial charge in [0.1, 0.15) is 0 Å². The SMILES string of the molecule is CCC(C)NC(=O)C1CCC(C(=O)NCC2CCCO2)CC1. The summed E-state index contributed by atoms with van der Waals surface area (Å²) in [6, 6.07) is 0.236. The van der Waals surface area contributed by atoms with Gasteiger partial charge in [-0.05, 0) is 51.9 Å². The molecule has 126 valence electrons. The van der Waals surface area contributed by atoms with Gasteiger partial charge in [-0.2, -0.15) is 0 Å². The van der Waals surface area contributed by atoms with Crippen molar-refractivity contribution >= 4 is 11.8 Å². The fraction of sp³-hybridized carbons (Fsp3) is 0.882. The van der Waals surface area contributed by atoms with Crippen LogP contribution in [0.25, 0.3) is 0 Å². The second kappa shape index (κ2) is 8.51. The van der Waals surface area contributed by atoms with Gasteiger partial charge in [-0.1, -0.05) is 6.92 Å². The van der Waals surface area contributed by atoms with Crippen molar-refractivity contribution in [3.05, 3.63) is 0 Å². The number of nitrogens with one attached hydrogen (secondary N) is 2. The normalized spacial score (nSPS) is 29.8. The summed E-state index contributed by atoms with van der Waals surface area (Å²) in [6.45, 7) is 5.55. The molecule has 22 heavy (non-hydrogen) atoms. The number of carbonyl (C=O) groups is 2. The standard InChI is InChI=1S/C17H30N2O3/c1-3-12(2)19-17(21)14-8-6-13(7-9-14)16(20)18-11-15-5-4-10-22-15/h12-15H,3-11H2,1-2H3,(H,18,20)(H,19,21). The topological polar surface area (TPSA) is 67.4 Å². The Bertz CT molecular complexity index is 372. The highest BCUT2D eigenvalue weighted by molar-refractivity contribution is 5.81. The predicted octanol–water partition coefficient (Wildman–Crippen LogP) is 2.00. The first-order valence-corrected chi connectivity index (χ1v) is 8.79. The van der Waals surface area contributed by atoms with Gasteiger partial charge in [-0.3, -0.25) is 9.59 Å². The van der Waals surface area contributed by atoms with E-state index in [2.05, 4.69) is 17.6 Å². The van der Waals surface area contributed by atoms with Gasteiger partial charge >= 0.3 is 0 Å². The van der Waals surface area contributed by atoms with E-state index in [0.29, 0.717) is 6.54 Å². The van der Waals surface area contributed by atoms with Crippen LogP contribution < -0.4 is 10.6 Å². The Morgan fingerprint density at radius 1 is 1.09 bits per heavy atom. The van der Waals surface area contributed by atoms with E-state index in [9.17, 15) is 9.59 Å². The molecule has 2 rings (SSSR count). The number of rotatable bonds is 6. The van der Waals surface area contributed by atoms with Gasteiger partial charge in [-0.15, -0.1) is 0 Å². The highest BCUT2D eigenvalue weighted by Gasteiger charge is 2.30. The summed E-state index contributed by atoms with van der Waals surface area (Å²) >= 11 is 0. The van der Waals surface area contributed by atoms with Crippen LogP contribution in [0.2, 0.25) is 0 Å². The van der Waals surface area contributed by atoms with Gasteiger partial charge in [0.05, 0.1) is 6.10 Å². The Kier molecular flexibility index (Phi) is 6.68. The van der Waals surface area contributed by atoms with Crippen molar-refractivity contribution in [3.63, 3.8) is 0 Å². The maximum absolute atomic E-state index is 12.2. The monoisotopic (exact) mass is 310 g/mol. The van der Waals surface area contributed by atoms with Crippen molar-refractivity contribution in [3.8, 4) is 0 Å². The quantitative estimate of drug-likeness (QED) is 0.788. The number of hydrogen-bond donors (Lipinski definition) is 2. The first-order chi connectivity index (χ1) is 10.6. The van der Waals surface area contributed by atoms with E-state index in [-0.39, 0.29) is 35.8 Å². The van der Waals surface area contributed by atoms with Crippen molar-refractivity contribution in [2.75, 3.05) is 13.2 Å². The Balaban J connectivity index is 1.67. The third-order valence-electron chi connectivity index (χ3n) is 5.00. The zero-order valence-corrected chi connectivity index (χ0v) is 13.9. The van der Waals surface area contributed by atoms with Crippen LogP contribution in [0.1, 0.15) is 58.8 Å². The molecule has 2 atom stereocenters. The molecule has 2 fully saturated rings. The van der Waals surface area contributed by atoms with Gasteiger partial charge < -0.3 is 15.4 Å². The lowest BCUT2D eigenvalue weighted by atomic mass is 9.81. The molecule has 0 aromatic carbocycles. The lowest BCUT2D eigenvalue weighted by Crippen LogP contribution is -2.41. The lowest BCUT2D eigenvalue weighted by Gasteiger charge is -2.28. The highest BCUT2D eigenvalue weighted by atomic mass is 16.5. The Hall–Kier alpha value is -1.10. The molecule has 0 aromatic rings. The summed E-state index contributed by atoms with van der Waals surface area (Å²) in [5, 5.41) is 6.06. The van der Waals surface area contributed by atoms with Crippen molar-refractivity contribution in [1.82, 2.24) is 10.6 Å². The van der Waals surface area contributed by atoms with E-state index in [1.54, 1.807) is 0 Å². The molecule has 1 saturated carbocycles. The minimum atomic E-state index is 0.0639. The van der Waals surface area contributed by atoms with Gasteiger partial charge in [0, 0.05) is 31.0 Å². The van der Waals surface area contributed by atoms with Gasteiger partial charge in [0.25, 0.3) is 0 Å². The maximum atomic E-state index is 12.2. The van der Waals surface area contributed by atoms with E-state index in [1.165, 1.54) is 0 Å². The van der Waals surface area contributed by atoms with Crippen LogP contribution in [0.3, 0.4) is 0 Å². The molecular formula is C17H30N2O3. The third-order valence-corrected chi connectivity index (χ3v) is 5.00. The second-order valence-electron chi connectivity index (χ2n) is 6.75. The molecule has 2 N–H and O–H groups in total. The van der Waals surface area contributed by atoms with Crippen molar-refractivity contribution in [2.24, 2.45) is 11.8 Å². The minimum Gasteiger partial charge on any atom is -0.376 e. The molecule has 2 unspecified atom stereocenters. The lowest BCUT2D eigenvalue weighted by molar-refractivity contribution is -0.131. The molecule has 5 nitrogen and oxygen atoms in total. The summed E-state index contributed by atoms with van der Waals surface area (Å²) in [5.41, 5.74) is 0. The van der Waals surface area contributed by atoms with Crippen molar-refractivity contribution in [1.29, 1.82) is 0 Å². The van der Waals surface area contributed by atoms with Crippen LogP contribution in [0, 0.1) is 11.8 Å². The third kappa shape index (κ3) is 4.97. The van der Waals surface area contributed by atoms with E-state index in [4.69, 9.17) is 4.74 Å². The summed E-state index contributed by atoms with van der Waals surface area (Å²) in [6.07, 6.45) is 6.56. The molecule has 1 aliphatic heterocycles. The van der Waals surface area contributed by atoms with Crippen LogP contribution >= 0.6 is 0 Å². The fourth-order valence-corrected chi connectivity index (χ4v) is 3.24. The molecule has 0 aromatic heterocycles. The van der Waals surface area contributed by atoms with Crippen molar-refractivity contribution in [2.45, 2.75) is 70.9 Å².